The number of carbonyl (C=O) groups excluding carboxylic acids is 1. The van der Waals surface area contributed by atoms with E-state index >= 15 is 0 Å². The van der Waals surface area contributed by atoms with E-state index in [2.05, 4.69) is 10.6 Å². The lowest BCUT2D eigenvalue weighted by Gasteiger charge is -2.23. The molecule has 0 bridgehead atoms. The summed E-state index contributed by atoms with van der Waals surface area (Å²) >= 11 is 0. The average Bonchev–Trinajstić information content (AvgIpc) is 2.53. The van der Waals surface area contributed by atoms with Gasteiger partial charge in [0, 0.05) is 31.4 Å². The standard InChI is InChI=1S/C17H19N3O/c1-12-5-3-4-6-16(12)20(2)17(21)13-7-8-14-15(11-13)19-10-9-18-14/h3-8,11,18-19H,9-10H2,1-2H3. The summed E-state index contributed by atoms with van der Waals surface area (Å²) in [4.78, 5) is 14.4. The van der Waals surface area contributed by atoms with Crippen molar-refractivity contribution in [3.05, 3.63) is 53.6 Å². The summed E-state index contributed by atoms with van der Waals surface area (Å²) < 4.78 is 0. The number of fused-ring (bicyclic) bond motifs is 1. The van der Waals surface area contributed by atoms with Crippen molar-refractivity contribution in [1.29, 1.82) is 0 Å². The summed E-state index contributed by atoms with van der Waals surface area (Å²) in [6.45, 7) is 3.79. The molecule has 1 aliphatic heterocycles. The molecule has 0 spiro atoms. The molecule has 21 heavy (non-hydrogen) atoms. The van der Waals surface area contributed by atoms with Gasteiger partial charge in [-0.1, -0.05) is 18.2 Å². The Kier molecular flexibility index (Phi) is 3.52. The van der Waals surface area contributed by atoms with Gasteiger partial charge in [0.1, 0.15) is 0 Å². The highest BCUT2D eigenvalue weighted by Gasteiger charge is 2.17. The van der Waals surface area contributed by atoms with Gasteiger partial charge in [0.2, 0.25) is 0 Å². The predicted molar refractivity (Wildman–Crippen MR) is 87.3 cm³/mol. The first-order valence-corrected chi connectivity index (χ1v) is 7.12. The van der Waals surface area contributed by atoms with E-state index in [4.69, 9.17) is 0 Å². The molecular formula is C17H19N3O. The Labute approximate surface area is 124 Å². The predicted octanol–water partition coefficient (Wildman–Crippen LogP) is 3.11. The fourth-order valence-electron chi connectivity index (χ4n) is 2.61. The van der Waals surface area contributed by atoms with Gasteiger partial charge in [0.15, 0.2) is 0 Å². The van der Waals surface area contributed by atoms with Gasteiger partial charge in [0.25, 0.3) is 5.91 Å². The lowest BCUT2D eigenvalue weighted by Crippen LogP contribution is -2.27. The molecule has 0 aliphatic carbocycles. The number of amides is 1. The first-order valence-electron chi connectivity index (χ1n) is 7.12. The van der Waals surface area contributed by atoms with Crippen LogP contribution in [0.5, 0.6) is 0 Å². The van der Waals surface area contributed by atoms with Crippen molar-refractivity contribution in [2.75, 3.05) is 35.7 Å². The minimum atomic E-state index is -0.000488. The number of anilines is 3. The monoisotopic (exact) mass is 281 g/mol. The second kappa shape index (κ2) is 5.48. The summed E-state index contributed by atoms with van der Waals surface area (Å²) in [6, 6.07) is 13.6. The number of benzene rings is 2. The normalized spacial score (nSPS) is 12.9. The Morgan fingerprint density at radius 3 is 2.52 bits per heavy atom. The van der Waals surface area contributed by atoms with E-state index in [1.807, 2.05) is 56.4 Å². The molecule has 0 radical (unpaired) electrons. The number of nitrogens with zero attached hydrogens (tertiary/aromatic N) is 1. The van der Waals surface area contributed by atoms with Gasteiger partial charge in [-0.15, -0.1) is 0 Å². The summed E-state index contributed by atoms with van der Waals surface area (Å²) in [5.74, 6) is -0.000488. The molecular weight excluding hydrogens is 262 g/mol. The molecule has 0 aromatic heterocycles. The molecule has 4 heteroatoms. The Morgan fingerprint density at radius 1 is 1.05 bits per heavy atom. The zero-order valence-electron chi connectivity index (χ0n) is 12.3. The van der Waals surface area contributed by atoms with Gasteiger partial charge >= 0.3 is 0 Å². The van der Waals surface area contributed by atoms with E-state index < -0.39 is 0 Å². The van der Waals surface area contributed by atoms with Crippen LogP contribution in [-0.4, -0.2) is 26.0 Å². The van der Waals surface area contributed by atoms with Crippen LogP contribution in [0.3, 0.4) is 0 Å². The van der Waals surface area contributed by atoms with Crippen molar-refractivity contribution >= 4 is 23.0 Å². The van der Waals surface area contributed by atoms with Crippen molar-refractivity contribution in [3.63, 3.8) is 0 Å². The number of carbonyl (C=O) groups is 1. The van der Waals surface area contributed by atoms with E-state index in [9.17, 15) is 4.79 Å². The molecule has 2 N–H and O–H groups in total. The third-order valence-electron chi connectivity index (χ3n) is 3.80. The maximum atomic E-state index is 12.7. The number of hydrogen-bond acceptors (Lipinski definition) is 3. The number of nitrogens with one attached hydrogen (secondary N) is 2. The number of hydrogen-bond donors (Lipinski definition) is 2. The average molecular weight is 281 g/mol. The van der Waals surface area contributed by atoms with Crippen LogP contribution in [-0.2, 0) is 0 Å². The summed E-state index contributed by atoms with van der Waals surface area (Å²) in [7, 11) is 1.82. The van der Waals surface area contributed by atoms with Crippen LogP contribution in [0.1, 0.15) is 15.9 Å². The molecule has 1 amide bonds. The first-order chi connectivity index (χ1) is 10.2. The number of rotatable bonds is 2. The molecule has 108 valence electrons. The van der Waals surface area contributed by atoms with E-state index in [1.165, 1.54) is 0 Å². The molecule has 0 unspecified atom stereocenters. The van der Waals surface area contributed by atoms with Crippen LogP contribution in [0.25, 0.3) is 0 Å². The molecule has 2 aromatic rings. The van der Waals surface area contributed by atoms with Crippen molar-refractivity contribution < 1.29 is 4.79 Å². The first kappa shape index (κ1) is 13.5. The maximum absolute atomic E-state index is 12.7. The topological polar surface area (TPSA) is 44.4 Å². The lowest BCUT2D eigenvalue weighted by atomic mass is 10.1. The number of para-hydroxylation sites is 1. The molecule has 0 atom stereocenters. The third kappa shape index (κ3) is 2.57. The van der Waals surface area contributed by atoms with Gasteiger partial charge in [-0.3, -0.25) is 4.79 Å². The van der Waals surface area contributed by atoms with Crippen LogP contribution in [0, 0.1) is 6.92 Å². The summed E-state index contributed by atoms with van der Waals surface area (Å²) in [5.41, 5.74) is 4.76. The SMILES string of the molecule is Cc1ccccc1N(C)C(=O)c1ccc2c(c1)NCCN2. The largest absolute Gasteiger partial charge is 0.382 e. The zero-order valence-corrected chi connectivity index (χ0v) is 12.3. The lowest BCUT2D eigenvalue weighted by molar-refractivity contribution is 0.0993. The Hall–Kier alpha value is -2.49. The van der Waals surface area contributed by atoms with Crippen LogP contribution in [0.2, 0.25) is 0 Å². The van der Waals surface area contributed by atoms with Gasteiger partial charge in [-0.25, -0.2) is 0 Å². The highest BCUT2D eigenvalue weighted by Crippen LogP contribution is 2.27. The Morgan fingerprint density at radius 2 is 1.76 bits per heavy atom. The highest BCUT2D eigenvalue weighted by atomic mass is 16.2. The van der Waals surface area contributed by atoms with Gasteiger partial charge in [-0.05, 0) is 36.8 Å². The molecule has 1 heterocycles. The summed E-state index contributed by atoms with van der Waals surface area (Å²) in [6.07, 6.45) is 0. The van der Waals surface area contributed by atoms with Crippen molar-refractivity contribution in [2.24, 2.45) is 0 Å². The van der Waals surface area contributed by atoms with E-state index in [0.29, 0.717) is 5.56 Å². The molecule has 0 saturated heterocycles. The van der Waals surface area contributed by atoms with Crippen molar-refractivity contribution in [2.45, 2.75) is 6.92 Å². The highest BCUT2D eigenvalue weighted by molar-refractivity contribution is 6.07. The minimum absolute atomic E-state index is 0.000488. The van der Waals surface area contributed by atoms with E-state index in [0.717, 1.165) is 35.7 Å². The number of aryl methyl sites for hydroxylation is 1. The fraction of sp³-hybridized carbons (Fsp3) is 0.235. The van der Waals surface area contributed by atoms with Gasteiger partial charge < -0.3 is 15.5 Å². The molecule has 1 aliphatic rings. The van der Waals surface area contributed by atoms with Crippen LogP contribution in [0.4, 0.5) is 17.1 Å². The van der Waals surface area contributed by atoms with Crippen LogP contribution in [0.15, 0.2) is 42.5 Å². The van der Waals surface area contributed by atoms with Crippen LogP contribution < -0.4 is 15.5 Å². The molecule has 2 aromatic carbocycles. The molecule has 3 rings (SSSR count). The second-order valence-corrected chi connectivity index (χ2v) is 5.26. The van der Waals surface area contributed by atoms with Gasteiger partial charge in [-0.2, -0.15) is 0 Å². The van der Waals surface area contributed by atoms with Crippen molar-refractivity contribution in [3.8, 4) is 0 Å². The quantitative estimate of drug-likeness (QED) is 0.889. The maximum Gasteiger partial charge on any atom is 0.258 e. The van der Waals surface area contributed by atoms with Gasteiger partial charge in [0.05, 0.1) is 11.4 Å². The Balaban J connectivity index is 1.90. The summed E-state index contributed by atoms with van der Waals surface area (Å²) in [5, 5.41) is 6.63. The van der Waals surface area contributed by atoms with Crippen molar-refractivity contribution in [1.82, 2.24) is 0 Å². The second-order valence-electron chi connectivity index (χ2n) is 5.26. The smallest absolute Gasteiger partial charge is 0.258 e. The fourth-order valence-corrected chi connectivity index (χ4v) is 2.61. The Bertz CT molecular complexity index is 681. The van der Waals surface area contributed by atoms with E-state index in [1.54, 1.807) is 4.90 Å². The van der Waals surface area contributed by atoms with E-state index in [-0.39, 0.29) is 5.91 Å². The molecule has 0 fully saturated rings. The third-order valence-corrected chi connectivity index (χ3v) is 3.80. The zero-order chi connectivity index (χ0) is 14.8. The minimum Gasteiger partial charge on any atom is -0.382 e. The molecule has 4 nitrogen and oxygen atoms in total. The molecule has 0 saturated carbocycles. The van der Waals surface area contributed by atoms with Crippen LogP contribution >= 0.6 is 0 Å².